The Hall–Kier alpha value is -3.55. The molecule has 1 aliphatic heterocycles. The van der Waals surface area contributed by atoms with E-state index in [1.54, 1.807) is 17.0 Å². The molecule has 2 heterocycles. The highest BCUT2D eigenvalue weighted by molar-refractivity contribution is 7.87. The SMILES string of the molecule is COc1cc(C(=O)N(CCCc2ccccc2)Cc2nc(C(=O)NS(=O)(=O)N3CC(F)C3)cs2)cc(OC)c1C. The Kier molecular flexibility index (Phi) is 9.38. The van der Waals surface area contributed by atoms with Gasteiger partial charge in [-0.15, -0.1) is 11.3 Å². The van der Waals surface area contributed by atoms with Crippen LogP contribution in [0.4, 0.5) is 4.39 Å². The van der Waals surface area contributed by atoms with Crippen LogP contribution in [0.1, 0.15) is 43.4 Å². The number of amides is 2. The van der Waals surface area contributed by atoms with E-state index < -0.39 is 22.3 Å². The predicted octanol–water partition coefficient (Wildman–Crippen LogP) is 3.37. The van der Waals surface area contributed by atoms with Gasteiger partial charge in [-0.05, 0) is 37.5 Å². The summed E-state index contributed by atoms with van der Waals surface area (Å²) < 4.78 is 51.3. The smallest absolute Gasteiger partial charge is 0.304 e. The lowest BCUT2D eigenvalue weighted by Gasteiger charge is -2.32. The molecule has 3 aromatic rings. The molecule has 214 valence electrons. The predicted molar refractivity (Wildman–Crippen MR) is 149 cm³/mol. The van der Waals surface area contributed by atoms with Crippen LogP contribution in [0.15, 0.2) is 47.8 Å². The number of nitrogens with one attached hydrogen (secondary N) is 1. The number of carbonyl (C=O) groups excluding carboxylic acids is 2. The highest BCUT2D eigenvalue weighted by Crippen LogP contribution is 2.30. The molecule has 2 aromatic carbocycles. The van der Waals surface area contributed by atoms with Gasteiger partial charge in [0.15, 0.2) is 0 Å². The largest absolute Gasteiger partial charge is 0.496 e. The molecular weight excluding hydrogens is 559 g/mol. The molecule has 1 fully saturated rings. The molecule has 1 aliphatic rings. The summed E-state index contributed by atoms with van der Waals surface area (Å²) in [4.78, 5) is 32.2. The molecule has 1 saturated heterocycles. The number of rotatable bonds is 12. The normalized spacial score (nSPS) is 13.9. The van der Waals surface area contributed by atoms with Crippen molar-refractivity contribution in [3.8, 4) is 11.5 Å². The third kappa shape index (κ3) is 6.95. The second-order valence-electron chi connectivity index (χ2n) is 9.30. The number of alkyl halides is 1. The number of thiazole rings is 1. The fraction of sp³-hybridized carbons (Fsp3) is 0.370. The van der Waals surface area contributed by atoms with E-state index in [-0.39, 0.29) is 31.2 Å². The van der Waals surface area contributed by atoms with Crippen LogP contribution in [0.5, 0.6) is 11.5 Å². The van der Waals surface area contributed by atoms with Crippen molar-refractivity contribution in [1.82, 2.24) is 18.9 Å². The molecule has 0 unspecified atom stereocenters. The summed E-state index contributed by atoms with van der Waals surface area (Å²) in [5.74, 6) is -0.156. The molecule has 4 rings (SSSR count). The van der Waals surface area contributed by atoms with Crippen molar-refractivity contribution in [3.05, 3.63) is 75.2 Å². The summed E-state index contributed by atoms with van der Waals surface area (Å²) in [6.07, 6.45) is 0.194. The maximum atomic E-state index is 13.7. The van der Waals surface area contributed by atoms with E-state index in [1.165, 1.54) is 19.6 Å². The minimum Gasteiger partial charge on any atom is -0.496 e. The number of aromatic nitrogens is 1. The molecule has 1 N–H and O–H groups in total. The minimum atomic E-state index is -4.15. The number of halogens is 1. The Morgan fingerprint density at radius 2 is 1.80 bits per heavy atom. The van der Waals surface area contributed by atoms with Gasteiger partial charge in [0, 0.05) is 36.1 Å². The summed E-state index contributed by atoms with van der Waals surface area (Å²) in [5, 5.41) is 1.88. The average molecular weight is 591 g/mol. The molecule has 0 radical (unpaired) electrons. The van der Waals surface area contributed by atoms with Crippen LogP contribution in [0.25, 0.3) is 0 Å². The lowest BCUT2D eigenvalue weighted by atomic mass is 10.1. The van der Waals surface area contributed by atoms with Gasteiger partial charge in [0.1, 0.15) is 28.4 Å². The van der Waals surface area contributed by atoms with Gasteiger partial charge in [-0.25, -0.2) is 14.1 Å². The quantitative estimate of drug-likeness (QED) is 0.344. The number of benzene rings is 2. The van der Waals surface area contributed by atoms with Crippen LogP contribution in [0.2, 0.25) is 0 Å². The van der Waals surface area contributed by atoms with E-state index in [0.717, 1.165) is 33.2 Å². The van der Waals surface area contributed by atoms with Gasteiger partial charge in [-0.3, -0.25) is 9.59 Å². The molecule has 0 bridgehead atoms. The van der Waals surface area contributed by atoms with E-state index in [0.29, 0.717) is 35.0 Å². The van der Waals surface area contributed by atoms with E-state index in [9.17, 15) is 22.4 Å². The molecule has 0 aliphatic carbocycles. The standard InChI is InChI=1S/C27H31FN4O6S2/c1-18-23(37-2)12-20(13-24(18)38-3)27(34)31(11-7-10-19-8-5-4-6-9-19)16-25-29-22(17-39-25)26(33)30-40(35,36)32-14-21(28)15-32/h4-6,8-9,12-13,17,21H,7,10-11,14-16H2,1-3H3,(H,30,33). The molecule has 10 nitrogen and oxygen atoms in total. The summed E-state index contributed by atoms with van der Waals surface area (Å²) >= 11 is 1.14. The van der Waals surface area contributed by atoms with Crippen molar-refractivity contribution in [2.45, 2.75) is 32.5 Å². The molecule has 13 heteroatoms. The molecule has 2 amide bonds. The second-order valence-corrected chi connectivity index (χ2v) is 11.9. The van der Waals surface area contributed by atoms with Gasteiger partial charge >= 0.3 is 10.2 Å². The van der Waals surface area contributed by atoms with Crippen molar-refractivity contribution in [1.29, 1.82) is 0 Å². The first-order valence-electron chi connectivity index (χ1n) is 12.6. The Morgan fingerprint density at radius 1 is 1.15 bits per heavy atom. The molecule has 1 aromatic heterocycles. The van der Waals surface area contributed by atoms with E-state index in [2.05, 4.69) is 4.98 Å². The molecule has 0 saturated carbocycles. The molecular formula is C27H31FN4O6S2. The third-order valence-corrected chi connectivity index (χ3v) is 8.75. The number of hydrogen-bond donors (Lipinski definition) is 1. The molecule has 0 atom stereocenters. The van der Waals surface area contributed by atoms with Crippen LogP contribution < -0.4 is 14.2 Å². The van der Waals surface area contributed by atoms with Gasteiger partial charge < -0.3 is 14.4 Å². The Balaban J connectivity index is 1.51. The van der Waals surface area contributed by atoms with Crippen LogP contribution in [-0.4, -0.2) is 74.4 Å². The Labute approximate surface area is 236 Å². The molecule has 40 heavy (non-hydrogen) atoms. The van der Waals surface area contributed by atoms with Gasteiger partial charge in [-0.2, -0.15) is 12.7 Å². The van der Waals surface area contributed by atoms with Gasteiger partial charge in [0.2, 0.25) is 0 Å². The lowest BCUT2D eigenvalue weighted by molar-refractivity contribution is 0.0740. The summed E-state index contributed by atoms with van der Waals surface area (Å²) in [5.41, 5.74) is 2.18. The zero-order chi connectivity index (χ0) is 28.9. The van der Waals surface area contributed by atoms with Gasteiger partial charge in [-0.1, -0.05) is 30.3 Å². The number of nitrogens with zero attached hydrogens (tertiary/aromatic N) is 3. The van der Waals surface area contributed by atoms with E-state index in [1.807, 2.05) is 42.0 Å². The number of aryl methyl sites for hydroxylation is 1. The van der Waals surface area contributed by atoms with Crippen LogP contribution >= 0.6 is 11.3 Å². The van der Waals surface area contributed by atoms with Crippen LogP contribution in [-0.2, 0) is 23.2 Å². The number of carbonyl (C=O) groups is 2. The zero-order valence-electron chi connectivity index (χ0n) is 22.4. The molecule has 0 spiro atoms. The van der Waals surface area contributed by atoms with E-state index in [4.69, 9.17) is 9.47 Å². The van der Waals surface area contributed by atoms with Crippen LogP contribution in [0.3, 0.4) is 0 Å². The second kappa shape index (κ2) is 12.7. The highest BCUT2D eigenvalue weighted by Gasteiger charge is 2.37. The fourth-order valence-corrected chi connectivity index (χ4v) is 6.21. The Morgan fingerprint density at radius 3 is 2.40 bits per heavy atom. The monoisotopic (exact) mass is 590 g/mol. The fourth-order valence-electron chi connectivity index (χ4n) is 4.23. The third-order valence-electron chi connectivity index (χ3n) is 6.50. The zero-order valence-corrected chi connectivity index (χ0v) is 24.1. The van der Waals surface area contributed by atoms with Crippen molar-refractivity contribution in [3.63, 3.8) is 0 Å². The van der Waals surface area contributed by atoms with Gasteiger partial charge in [0.25, 0.3) is 11.8 Å². The van der Waals surface area contributed by atoms with Crippen LogP contribution in [0, 0.1) is 6.92 Å². The maximum Gasteiger partial charge on any atom is 0.304 e. The Bertz CT molecular complexity index is 1430. The number of methoxy groups -OCH3 is 2. The summed E-state index contributed by atoms with van der Waals surface area (Å²) in [6, 6.07) is 13.2. The van der Waals surface area contributed by atoms with E-state index >= 15 is 0 Å². The van der Waals surface area contributed by atoms with Gasteiger partial charge in [0.05, 0.1) is 20.8 Å². The minimum absolute atomic E-state index is 0.101. The topological polar surface area (TPSA) is 118 Å². The maximum absolute atomic E-state index is 13.7. The van der Waals surface area contributed by atoms with Crippen molar-refractivity contribution in [2.24, 2.45) is 0 Å². The average Bonchev–Trinajstić information content (AvgIpc) is 3.39. The highest BCUT2D eigenvalue weighted by atomic mass is 32.2. The number of ether oxygens (including phenoxy) is 2. The first kappa shape index (κ1) is 29.4. The van der Waals surface area contributed by atoms with Crippen molar-refractivity contribution < 1.29 is 31.9 Å². The first-order valence-corrected chi connectivity index (χ1v) is 14.9. The number of hydrogen-bond acceptors (Lipinski definition) is 8. The van der Waals surface area contributed by atoms with Crippen molar-refractivity contribution >= 4 is 33.4 Å². The summed E-state index contributed by atoms with van der Waals surface area (Å²) in [7, 11) is -1.11. The first-order chi connectivity index (χ1) is 19.1. The van der Waals surface area contributed by atoms with Crippen molar-refractivity contribution in [2.75, 3.05) is 33.9 Å². The lowest BCUT2D eigenvalue weighted by Crippen LogP contribution is -2.56. The summed E-state index contributed by atoms with van der Waals surface area (Å²) in [6.45, 7) is 1.76.